The van der Waals surface area contributed by atoms with Crippen LogP contribution in [0.5, 0.6) is 0 Å². The van der Waals surface area contributed by atoms with Gasteiger partial charge in [-0.15, -0.1) is 0 Å². The molecule has 0 fully saturated rings. The predicted octanol–water partition coefficient (Wildman–Crippen LogP) is -0.512. The summed E-state index contributed by atoms with van der Waals surface area (Å²) in [6.07, 6.45) is 1.26. The molecule has 0 aliphatic rings. The third-order valence-corrected chi connectivity index (χ3v) is 1.24. The highest BCUT2D eigenvalue weighted by atomic mass is 16.5. The van der Waals surface area contributed by atoms with Gasteiger partial charge < -0.3 is 15.8 Å². The molecule has 1 amide bonds. The Kier molecular flexibility index (Phi) is 7.08. The van der Waals surface area contributed by atoms with E-state index in [-0.39, 0.29) is 5.91 Å². The molecule has 0 aliphatic carbocycles. The lowest BCUT2D eigenvalue weighted by Gasteiger charge is -2.02. The van der Waals surface area contributed by atoms with Crippen LogP contribution in [0.4, 0.5) is 0 Å². The van der Waals surface area contributed by atoms with E-state index in [2.05, 4.69) is 5.32 Å². The quantitative estimate of drug-likeness (QED) is 0.514. The van der Waals surface area contributed by atoms with Crippen molar-refractivity contribution in [1.82, 2.24) is 5.32 Å². The van der Waals surface area contributed by atoms with E-state index in [4.69, 9.17) is 10.5 Å². The topological polar surface area (TPSA) is 64.3 Å². The molecule has 0 radical (unpaired) electrons. The van der Waals surface area contributed by atoms with Crippen molar-refractivity contribution in [3.8, 4) is 0 Å². The number of ether oxygens (including phenoxy) is 1. The molecule has 0 aromatic rings. The van der Waals surface area contributed by atoms with E-state index in [1.807, 2.05) is 0 Å². The zero-order chi connectivity index (χ0) is 8.53. The van der Waals surface area contributed by atoms with E-state index in [0.717, 1.165) is 6.42 Å². The van der Waals surface area contributed by atoms with Gasteiger partial charge in [0.05, 0.1) is 6.61 Å². The molecular formula is C7H16N2O2. The molecule has 0 heterocycles. The van der Waals surface area contributed by atoms with Crippen molar-refractivity contribution < 1.29 is 9.53 Å². The monoisotopic (exact) mass is 160 g/mol. The van der Waals surface area contributed by atoms with Crippen LogP contribution in [0.1, 0.15) is 12.8 Å². The van der Waals surface area contributed by atoms with Crippen molar-refractivity contribution in [3.63, 3.8) is 0 Å². The summed E-state index contributed by atoms with van der Waals surface area (Å²) in [7, 11) is 1.60. The van der Waals surface area contributed by atoms with Gasteiger partial charge in [0.25, 0.3) is 0 Å². The van der Waals surface area contributed by atoms with Crippen LogP contribution in [0.25, 0.3) is 0 Å². The maximum atomic E-state index is 10.9. The molecule has 0 saturated heterocycles. The lowest BCUT2D eigenvalue weighted by atomic mass is 10.3. The average molecular weight is 160 g/mol. The second-order valence-corrected chi connectivity index (χ2v) is 2.23. The summed E-state index contributed by atoms with van der Waals surface area (Å²) in [4.78, 5) is 10.9. The lowest BCUT2D eigenvalue weighted by Crippen LogP contribution is -2.27. The maximum Gasteiger partial charge on any atom is 0.220 e. The van der Waals surface area contributed by atoms with Gasteiger partial charge in [0, 0.05) is 20.1 Å². The molecule has 11 heavy (non-hydrogen) atoms. The standard InChI is InChI=1S/C7H16N2O2/c1-11-6-5-9-7(10)3-2-4-8/h2-6,8H2,1H3,(H,9,10). The molecule has 66 valence electrons. The van der Waals surface area contributed by atoms with Crippen molar-refractivity contribution in [3.05, 3.63) is 0 Å². The molecule has 4 heteroatoms. The summed E-state index contributed by atoms with van der Waals surface area (Å²) in [5.74, 6) is 0.0486. The largest absolute Gasteiger partial charge is 0.383 e. The second-order valence-electron chi connectivity index (χ2n) is 2.23. The Morgan fingerprint density at radius 1 is 1.64 bits per heavy atom. The van der Waals surface area contributed by atoms with Crippen LogP contribution in [0, 0.1) is 0 Å². The highest BCUT2D eigenvalue weighted by Gasteiger charge is 1.97. The molecule has 4 nitrogen and oxygen atoms in total. The van der Waals surface area contributed by atoms with E-state index in [1.165, 1.54) is 0 Å². The van der Waals surface area contributed by atoms with Crippen LogP contribution in [0.2, 0.25) is 0 Å². The number of methoxy groups -OCH3 is 1. The first-order chi connectivity index (χ1) is 5.31. The van der Waals surface area contributed by atoms with E-state index in [1.54, 1.807) is 7.11 Å². The zero-order valence-corrected chi connectivity index (χ0v) is 6.93. The highest BCUT2D eigenvalue weighted by Crippen LogP contribution is 1.84. The van der Waals surface area contributed by atoms with Crippen molar-refractivity contribution in [1.29, 1.82) is 0 Å². The first-order valence-electron chi connectivity index (χ1n) is 3.77. The van der Waals surface area contributed by atoms with Crippen LogP contribution in [0.3, 0.4) is 0 Å². The van der Waals surface area contributed by atoms with Gasteiger partial charge in [-0.3, -0.25) is 4.79 Å². The Bertz CT molecular complexity index is 107. The molecule has 0 atom stereocenters. The number of nitrogens with one attached hydrogen (secondary N) is 1. The molecular weight excluding hydrogens is 144 g/mol. The number of carbonyl (C=O) groups excluding carboxylic acids is 1. The minimum absolute atomic E-state index is 0.0486. The van der Waals surface area contributed by atoms with Gasteiger partial charge in [0.2, 0.25) is 5.91 Å². The van der Waals surface area contributed by atoms with E-state index < -0.39 is 0 Å². The van der Waals surface area contributed by atoms with E-state index in [9.17, 15) is 4.79 Å². The molecule has 0 aromatic carbocycles. The van der Waals surface area contributed by atoms with Crippen molar-refractivity contribution in [2.45, 2.75) is 12.8 Å². The smallest absolute Gasteiger partial charge is 0.220 e. The molecule has 0 rings (SSSR count). The normalized spacial score (nSPS) is 9.64. The molecule has 0 aromatic heterocycles. The Morgan fingerprint density at radius 3 is 2.91 bits per heavy atom. The number of carbonyl (C=O) groups is 1. The lowest BCUT2D eigenvalue weighted by molar-refractivity contribution is -0.121. The molecule has 3 N–H and O–H groups in total. The Morgan fingerprint density at radius 2 is 2.36 bits per heavy atom. The molecule has 0 spiro atoms. The van der Waals surface area contributed by atoms with Gasteiger partial charge in [-0.1, -0.05) is 0 Å². The van der Waals surface area contributed by atoms with Crippen LogP contribution in [0.15, 0.2) is 0 Å². The number of rotatable bonds is 6. The summed E-state index contributed by atoms with van der Waals surface area (Å²) >= 11 is 0. The first kappa shape index (κ1) is 10.4. The molecule has 0 bridgehead atoms. The van der Waals surface area contributed by atoms with E-state index in [0.29, 0.717) is 26.1 Å². The summed E-state index contributed by atoms with van der Waals surface area (Å²) < 4.78 is 4.76. The number of nitrogens with two attached hydrogens (primary N) is 1. The van der Waals surface area contributed by atoms with Crippen molar-refractivity contribution in [2.75, 3.05) is 26.8 Å². The Labute approximate surface area is 67.1 Å². The zero-order valence-electron chi connectivity index (χ0n) is 6.93. The molecule has 0 aliphatic heterocycles. The SMILES string of the molecule is COCCNC(=O)CCCN. The molecule has 0 saturated carbocycles. The minimum Gasteiger partial charge on any atom is -0.383 e. The number of amides is 1. The second kappa shape index (κ2) is 7.50. The van der Waals surface area contributed by atoms with E-state index >= 15 is 0 Å². The van der Waals surface area contributed by atoms with Crippen LogP contribution in [-0.4, -0.2) is 32.7 Å². The van der Waals surface area contributed by atoms with Gasteiger partial charge in [0.1, 0.15) is 0 Å². The number of hydrogen-bond donors (Lipinski definition) is 2. The van der Waals surface area contributed by atoms with Gasteiger partial charge in [-0.2, -0.15) is 0 Å². The maximum absolute atomic E-state index is 10.9. The summed E-state index contributed by atoms with van der Waals surface area (Å²) in [6.45, 7) is 1.71. The van der Waals surface area contributed by atoms with Gasteiger partial charge in [-0.25, -0.2) is 0 Å². The van der Waals surface area contributed by atoms with Crippen LogP contribution >= 0.6 is 0 Å². The fourth-order valence-electron chi connectivity index (χ4n) is 0.644. The fraction of sp³-hybridized carbons (Fsp3) is 0.857. The van der Waals surface area contributed by atoms with Crippen molar-refractivity contribution in [2.24, 2.45) is 5.73 Å². The van der Waals surface area contributed by atoms with Crippen molar-refractivity contribution >= 4 is 5.91 Å². The van der Waals surface area contributed by atoms with Gasteiger partial charge >= 0.3 is 0 Å². The summed E-state index contributed by atoms with van der Waals surface area (Å²) in [5, 5.41) is 2.70. The number of hydrogen-bond acceptors (Lipinski definition) is 3. The van der Waals surface area contributed by atoms with Gasteiger partial charge in [0.15, 0.2) is 0 Å². The van der Waals surface area contributed by atoms with Gasteiger partial charge in [-0.05, 0) is 13.0 Å². The molecule has 0 unspecified atom stereocenters. The third kappa shape index (κ3) is 7.29. The first-order valence-corrected chi connectivity index (χ1v) is 3.77. The van der Waals surface area contributed by atoms with Crippen LogP contribution < -0.4 is 11.1 Å². The third-order valence-electron chi connectivity index (χ3n) is 1.24. The Hall–Kier alpha value is -0.610. The minimum atomic E-state index is 0.0486. The highest BCUT2D eigenvalue weighted by molar-refractivity contribution is 5.75. The summed E-state index contributed by atoms with van der Waals surface area (Å²) in [5.41, 5.74) is 5.23. The summed E-state index contributed by atoms with van der Waals surface area (Å²) in [6, 6.07) is 0. The fourth-order valence-corrected chi connectivity index (χ4v) is 0.644. The van der Waals surface area contributed by atoms with Crippen LogP contribution in [-0.2, 0) is 9.53 Å². The average Bonchev–Trinajstić information content (AvgIpc) is 2.01. The predicted molar refractivity (Wildman–Crippen MR) is 43.2 cm³/mol. The Balaban J connectivity index is 3.09.